The van der Waals surface area contributed by atoms with E-state index in [9.17, 15) is 4.79 Å². The van der Waals surface area contributed by atoms with E-state index in [-0.39, 0.29) is 5.92 Å². The fourth-order valence-electron chi connectivity index (χ4n) is 2.41. The van der Waals surface area contributed by atoms with Gasteiger partial charge in [-0.1, -0.05) is 0 Å². The van der Waals surface area contributed by atoms with Crippen molar-refractivity contribution in [1.82, 2.24) is 14.7 Å². The Morgan fingerprint density at radius 1 is 1.65 bits per heavy atom. The van der Waals surface area contributed by atoms with Crippen LogP contribution >= 0.6 is 0 Å². The van der Waals surface area contributed by atoms with E-state index in [2.05, 4.69) is 16.9 Å². The number of nitrogens with zero attached hydrogens (tertiary/aromatic N) is 3. The molecule has 0 aliphatic carbocycles. The van der Waals surface area contributed by atoms with Gasteiger partial charge in [0.1, 0.15) is 0 Å². The Kier molecular flexibility index (Phi) is 3.78. The van der Waals surface area contributed by atoms with Gasteiger partial charge in [-0.15, -0.1) is 0 Å². The second-order valence-electron chi connectivity index (χ2n) is 4.55. The smallest absolute Gasteiger partial charge is 0.307 e. The third-order valence-corrected chi connectivity index (χ3v) is 3.34. The molecule has 2 rings (SSSR count). The molecule has 0 amide bonds. The molecular weight excluding hydrogens is 218 g/mol. The highest BCUT2D eigenvalue weighted by Gasteiger charge is 2.25. The first kappa shape index (κ1) is 12.1. The normalized spacial score (nSPS) is 21.6. The number of carboxylic acid groups (broad SMARTS) is 1. The van der Waals surface area contributed by atoms with Crippen LogP contribution in [0.5, 0.6) is 0 Å². The van der Waals surface area contributed by atoms with Crippen LogP contribution in [0.2, 0.25) is 0 Å². The molecule has 0 radical (unpaired) electrons. The number of carbonyl (C=O) groups is 1. The van der Waals surface area contributed by atoms with Crippen molar-refractivity contribution in [2.45, 2.75) is 32.9 Å². The van der Waals surface area contributed by atoms with Gasteiger partial charge in [0, 0.05) is 25.8 Å². The maximum Gasteiger partial charge on any atom is 0.307 e. The van der Waals surface area contributed by atoms with Crippen LogP contribution in [0.25, 0.3) is 0 Å². The molecule has 94 valence electrons. The summed E-state index contributed by atoms with van der Waals surface area (Å²) < 4.78 is 1.96. The first-order chi connectivity index (χ1) is 8.20. The van der Waals surface area contributed by atoms with Crippen molar-refractivity contribution < 1.29 is 9.90 Å². The summed E-state index contributed by atoms with van der Waals surface area (Å²) in [5, 5.41) is 13.3. The van der Waals surface area contributed by atoms with Crippen LogP contribution in [-0.2, 0) is 17.9 Å². The summed E-state index contributed by atoms with van der Waals surface area (Å²) in [5.41, 5.74) is 1.17. The van der Waals surface area contributed by atoms with Gasteiger partial charge in [-0.2, -0.15) is 5.10 Å². The maximum absolute atomic E-state index is 11.0. The minimum absolute atomic E-state index is 0.207. The van der Waals surface area contributed by atoms with Gasteiger partial charge in [0.25, 0.3) is 0 Å². The molecule has 2 heterocycles. The van der Waals surface area contributed by atoms with Crippen molar-refractivity contribution in [2.75, 3.05) is 13.1 Å². The Labute approximate surface area is 101 Å². The molecule has 1 aromatic heterocycles. The van der Waals surface area contributed by atoms with E-state index in [4.69, 9.17) is 5.11 Å². The average Bonchev–Trinajstić information content (AvgIpc) is 2.76. The van der Waals surface area contributed by atoms with Crippen molar-refractivity contribution >= 4 is 5.97 Å². The lowest BCUT2D eigenvalue weighted by atomic mass is 9.98. The molecule has 5 heteroatoms. The Morgan fingerprint density at radius 2 is 2.47 bits per heavy atom. The molecule has 1 saturated heterocycles. The lowest BCUT2D eigenvalue weighted by Gasteiger charge is -2.30. The second kappa shape index (κ2) is 5.31. The van der Waals surface area contributed by atoms with Gasteiger partial charge >= 0.3 is 5.97 Å². The fraction of sp³-hybridized carbons (Fsp3) is 0.667. The molecule has 1 unspecified atom stereocenters. The average molecular weight is 237 g/mol. The van der Waals surface area contributed by atoms with Crippen molar-refractivity contribution in [2.24, 2.45) is 5.92 Å². The van der Waals surface area contributed by atoms with E-state index in [0.717, 1.165) is 32.5 Å². The largest absolute Gasteiger partial charge is 0.481 e. The molecule has 1 aromatic rings. The Morgan fingerprint density at radius 3 is 3.18 bits per heavy atom. The zero-order chi connectivity index (χ0) is 12.3. The van der Waals surface area contributed by atoms with E-state index in [1.165, 1.54) is 5.69 Å². The first-order valence-corrected chi connectivity index (χ1v) is 6.16. The molecule has 17 heavy (non-hydrogen) atoms. The van der Waals surface area contributed by atoms with Crippen molar-refractivity contribution in [3.05, 3.63) is 18.0 Å². The van der Waals surface area contributed by atoms with Crippen molar-refractivity contribution in [3.63, 3.8) is 0 Å². The lowest BCUT2D eigenvalue weighted by molar-refractivity contribution is -0.143. The van der Waals surface area contributed by atoms with E-state index in [0.29, 0.717) is 6.54 Å². The summed E-state index contributed by atoms with van der Waals surface area (Å²) in [5.74, 6) is -0.875. The third kappa shape index (κ3) is 2.85. The van der Waals surface area contributed by atoms with Crippen LogP contribution in [0, 0.1) is 5.92 Å². The summed E-state index contributed by atoms with van der Waals surface area (Å²) >= 11 is 0. The minimum Gasteiger partial charge on any atom is -0.481 e. The van der Waals surface area contributed by atoms with Gasteiger partial charge in [-0.05, 0) is 32.4 Å². The van der Waals surface area contributed by atoms with E-state index in [1.54, 1.807) is 6.20 Å². The third-order valence-electron chi connectivity index (χ3n) is 3.34. The number of rotatable bonds is 4. The molecule has 1 N–H and O–H groups in total. The van der Waals surface area contributed by atoms with Crippen molar-refractivity contribution in [3.8, 4) is 0 Å². The van der Waals surface area contributed by atoms with Gasteiger partial charge in [0.2, 0.25) is 0 Å². The number of aryl methyl sites for hydroxylation is 1. The van der Waals surface area contributed by atoms with Gasteiger partial charge in [0.05, 0.1) is 11.6 Å². The molecule has 0 bridgehead atoms. The molecule has 0 saturated carbocycles. The molecule has 5 nitrogen and oxygen atoms in total. The predicted molar refractivity (Wildman–Crippen MR) is 63.5 cm³/mol. The second-order valence-corrected chi connectivity index (χ2v) is 4.55. The maximum atomic E-state index is 11.0. The fourth-order valence-corrected chi connectivity index (χ4v) is 2.41. The van der Waals surface area contributed by atoms with Crippen LogP contribution in [0.1, 0.15) is 25.5 Å². The minimum atomic E-state index is -0.668. The first-order valence-electron chi connectivity index (χ1n) is 6.16. The quantitative estimate of drug-likeness (QED) is 0.855. The number of carboxylic acids is 1. The molecule has 1 fully saturated rings. The zero-order valence-corrected chi connectivity index (χ0v) is 10.2. The van der Waals surface area contributed by atoms with Crippen LogP contribution in [0.15, 0.2) is 12.3 Å². The number of aromatic nitrogens is 2. The van der Waals surface area contributed by atoms with E-state index < -0.39 is 5.97 Å². The molecule has 0 aromatic carbocycles. The topological polar surface area (TPSA) is 58.4 Å². The zero-order valence-electron chi connectivity index (χ0n) is 10.2. The predicted octanol–water partition coefficient (Wildman–Crippen LogP) is 1.20. The van der Waals surface area contributed by atoms with Gasteiger partial charge in [-0.25, -0.2) is 0 Å². The number of aliphatic carboxylic acids is 1. The van der Waals surface area contributed by atoms with Crippen LogP contribution in [-0.4, -0.2) is 38.8 Å². The summed E-state index contributed by atoms with van der Waals surface area (Å²) in [6.45, 7) is 5.37. The monoisotopic (exact) mass is 237 g/mol. The summed E-state index contributed by atoms with van der Waals surface area (Å²) in [6.07, 6.45) is 3.58. The Bertz CT molecular complexity index is 389. The van der Waals surface area contributed by atoms with Gasteiger partial charge in [-0.3, -0.25) is 14.4 Å². The highest BCUT2D eigenvalue weighted by molar-refractivity contribution is 5.70. The van der Waals surface area contributed by atoms with E-state index in [1.807, 2.05) is 10.7 Å². The number of hydrogen-bond donors (Lipinski definition) is 1. The van der Waals surface area contributed by atoms with Gasteiger partial charge < -0.3 is 5.11 Å². The van der Waals surface area contributed by atoms with Crippen LogP contribution in [0.4, 0.5) is 0 Å². The standard InChI is InChI=1S/C12H19N3O2/c1-2-15-11(5-6-13-15)9-14-7-3-4-10(8-14)12(16)17/h5-6,10H,2-4,7-9H2,1H3,(H,16,17). The molecule has 1 aliphatic rings. The van der Waals surface area contributed by atoms with E-state index >= 15 is 0 Å². The summed E-state index contributed by atoms with van der Waals surface area (Å²) in [7, 11) is 0. The Hall–Kier alpha value is -1.36. The lowest BCUT2D eigenvalue weighted by Crippen LogP contribution is -2.38. The molecular formula is C12H19N3O2. The molecule has 1 atom stereocenters. The van der Waals surface area contributed by atoms with Gasteiger partial charge in [0.15, 0.2) is 0 Å². The molecule has 1 aliphatic heterocycles. The highest BCUT2D eigenvalue weighted by atomic mass is 16.4. The number of likely N-dealkylation sites (tertiary alicyclic amines) is 1. The summed E-state index contributed by atoms with van der Waals surface area (Å²) in [4.78, 5) is 13.2. The Balaban J connectivity index is 1.97. The highest BCUT2D eigenvalue weighted by Crippen LogP contribution is 2.18. The SMILES string of the molecule is CCn1nccc1CN1CCCC(C(=O)O)C1. The number of piperidine rings is 1. The molecule has 0 spiro atoms. The van der Waals surface area contributed by atoms with Crippen LogP contribution < -0.4 is 0 Å². The summed E-state index contributed by atoms with van der Waals surface area (Å²) in [6, 6.07) is 2.01. The number of hydrogen-bond acceptors (Lipinski definition) is 3. The van der Waals surface area contributed by atoms with Crippen molar-refractivity contribution in [1.29, 1.82) is 0 Å². The van der Waals surface area contributed by atoms with Crippen LogP contribution in [0.3, 0.4) is 0 Å².